The Kier molecular flexibility index (Phi) is 5.28. The second kappa shape index (κ2) is 6.97. The largest absolute Gasteiger partial charge is 0.360 e. The summed E-state index contributed by atoms with van der Waals surface area (Å²) in [5, 5.41) is 4.91. The number of hydrogen-bond donors (Lipinski definition) is 1. The fraction of sp³-hybridized carbons (Fsp3) is 0.333. The average Bonchev–Trinajstić information content (AvgIpc) is 2.83. The summed E-state index contributed by atoms with van der Waals surface area (Å²) in [5.41, 5.74) is 0. The molecule has 2 rings (SSSR count). The first-order valence-electron chi connectivity index (χ1n) is 5.73. The van der Waals surface area contributed by atoms with E-state index in [1.807, 2.05) is 24.3 Å². The number of hydrogen-bond acceptors (Lipinski definition) is 5. The molecule has 0 fully saturated rings. The molecule has 1 heterocycles. The molecule has 0 aliphatic carbocycles. The van der Waals surface area contributed by atoms with Gasteiger partial charge in [0.2, 0.25) is 5.13 Å². The summed E-state index contributed by atoms with van der Waals surface area (Å²) in [5.74, 6) is 1.59. The van der Waals surface area contributed by atoms with Gasteiger partial charge in [0.05, 0.1) is 10.8 Å². The van der Waals surface area contributed by atoms with Crippen LogP contribution in [0.4, 0.5) is 5.13 Å². The van der Waals surface area contributed by atoms with Gasteiger partial charge in [-0.15, -0.1) is 11.8 Å². The van der Waals surface area contributed by atoms with Gasteiger partial charge in [-0.2, -0.15) is 4.37 Å². The minimum atomic E-state index is 0.744. The van der Waals surface area contributed by atoms with Crippen molar-refractivity contribution in [2.75, 3.05) is 11.9 Å². The van der Waals surface area contributed by atoms with Crippen molar-refractivity contribution in [3.8, 4) is 0 Å². The van der Waals surface area contributed by atoms with Crippen LogP contribution in [-0.2, 0) is 5.75 Å². The molecule has 2 aromatic rings. The van der Waals surface area contributed by atoms with Crippen LogP contribution in [0.5, 0.6) is 0 Å². The predicted molar refractivity (Wildman–Crippen MR) is 79.7 cm³/mol. The first-order chi connectivity index (χ1) is 8.79. The first-order valence-corrected chi connectivity index (χ1v) is 7.87. The minimum Gasteiger partial charge on any atom is -0.360 e. The number of aromatic nitrogens is 2. The molecule has 0 saturated carbocycles. The number of halogens is 1. The number of nitrogens with zero attached hydrogens (tertiary/aromatic N) is 2. The second-order valence-electron chi connectivity index (χ2n) is 3.66. The van der Waals surface area contributed by atoms with Crippen LogP contribution in [0.1, 0.15) is 19.2 Å². The van der Waals surface area contributed by atoms with Gasteiger partial charge in [-0.1, -0.05) is 30.7 Å². The smallest absolute Gasteiger partial charge is 0.202 e. The Morgan fingerprint density at radius 1 is 1.39 bits per heavy atom. The van der Waals surface area contributed by atoms with Crippen molar-refractivity contribution in [1.29, 1.82) is 0 Å². The molecule has 0 bridgehead atoms. The Hall–Kier alpha value is -0.780. The molecule has 0 unspecified atom stereocenters. The topological polar surface area (TPSA) is 37.8 Å². The van der Waals surface area contributed by atoms with Gasteiger partial charge >= 0.3 is 0 Å². The van der Waals surface area contributed by atoms with Crippen molar-refractivity contribution in [2.45, 2.75) is 24.0 Å². The zero-order valence-corrected chi connectivity index (χ0v) is 12.4. The van der Waals surface area contributed by atoms with E-state index in [1.165, 1.54) is 11.5 Å². The lowest BCUT2D eigenvalue weighted by Crippen LogP contribution is -1.98. The van der Waals surface area contributed by atoms with Crippen molar-refractivity contribution in [1.82, 2.24) is 9.36 Å². The number of rotatable bonds is 6. The van der Waals surface area contributed by atoms with Crippen molar-refractivity contribution < 1.29 is 0 Å². The highest BCUT2D eigenvalue weighted by atomic mass is 35.5. The number of anilines is 1. The van der Waals surface area contributed by atoms with Gasteiger partial charge in [0.25, 0.3) is 0 Å². The molecule has 6 heteroatoms. The molecule has 18 heavy (non-hydrogen) atoms. The van der Waals surface area contributed by atoms with Crippen LogP contribution >= 0.6 is 34.9 Å². The molecule has 1 aromatic carbocycles. The third-order valence-electron chi connectivity index (χ3n) is 2.19. The zero-order valence-electron chi connectivity index (χ0n) is 10.0. The Bertz CT molecular complexity index is 502. The molecular formula is C12H14ClN3S2. The van der Waals surface area contributed by atoms with Gasteiger partial charge in [0, 0.05) is 23.0 Å². The second-order valence-corrected chi connectivity index (χ2v) is 5.84. The van der Waals surface area contributed by atoms with Gasteiger partial charge in [-0.05, 0) is 18.6 Å². The highest BCUT2D eigenvalue weighted by molar-refractivity contribution is 7.98. The van der Waals surface area contributed by atoms with Crippen molar-refractivity contribution >= 4 is 40.0 Å². The van der Waals surface area contributed by atoms with Gasteiger partial charge in [0.1, 0.15) is 0 Å². The lowest BCUT2D eigenvalue weighted by molar-refractivity contribution is 0.972. The molecule has 1 aromatic heterocycles. The fourth-order valence-corrected chi connectivity index (χ4v) is 3.11. The van der Waals surface area contributed by atoms with Gasteiger partial charge < -0.3 is 5.32 Å². The van der Waals surface area contributed by atoms with Crippen LogP contribution in [0.25, 0.3) is 0 Å². The Labute approximate surface area is 120 Å². The van der Waals surface area contributed by atoms with Crippen molar-refractivity contribution in [2.24, 2.45) is 0 Å². The zero-order chi connectivity index (χ0) is 12.8. The molecule has 3 nitrogen and oxygen atoms in total. The molecule has 0 amide bonds. The Morgan fingerprint density at radius 3 is 3.00 bits per heavy atom. The number of benzene rings is 1. The lowest BCUT2D eigenvalue weighted by Gasteiger charge is -2.00. The Morgan fingerprint density at radius 2 is 2.22 bits per heavy atom. The van der Waals surface area contributed by atoms with E-state index in [2.05, 4.69) is 21.6 Å². The van der Waals surface area contributed by atoms with Crippen molar-refractivity contribution in [3.63, 3.8) is 0 Å². The summed E-state index contributed by atoms with van der Waals surface area (Å²) in [6.07, 6.45) is 1.09. The lowest BCUT2D eigenvalue weighted by atomic mass is 10.4. The molecule has 0 aliphatic rings. The standard InChI is InChI=1S/C12H14ClN3S2/c1-2-7-14-12-15-11(16-18-12)8-17-10-6-4-3-5-9(10)13/h3-6H,2,7-8H2,1H3,(H,14,15,16). The normalized spacial score (nSPS) is 10.6. The van der Waals surface area contributed by atoms with Gasteiger partial charge in [-0.25, -0.2) is 4.98 Å². The molecule has 0 saturated heterocycles. The number of thioether (sulfide) groups is 1. The minimum absolute atomic E-state index is 0.744. The first kappa shape index (κ1) is 13.6. The predicted octanol–water partition coefficient (Wildman–Crippen LogP) is 4.31. The van der Waals surface area contributed by atoms with Crippen LogP contribution in [0, 0.1) is 0 Å². The Balaban J connectivity index is 1.90. The molecule has 0 atom stereocenters. The quantitative estimate of drug-likeness (QED) is 0.807. The van der Waals surface area contributed by atoms with E-state index in [9.17, 15) is 0 Å². The maximum Gasteiger partial charge on any atom is 0.202 e. The van der Waals surface area contributed by atoms with Crippen LogP contribution in [0.3, 0.4) is 0 Å². The molecule has 0 spiro atoms. The van der Waals surface area contributed by atoms with Crippen LogP contribution in [-0.4, -0.2) is 15.9 Å². The third-order valence-corrected chi connectivity index (χ3v) is 4.41. The van der Waals surface area contributed by atoms with E-state index in [4.69, 9.17) is 11.6 Å². The maximum absolute atomic E-state index is 6.09. The summed E-state index contributed by atoms with van der Waals surface area (Å²) in [7, 11) is 0. The molecular weight excluding hydrogens is 286 g/mol. The summed E-state index contributed by atoms with van der Waals surface area (Å²) in [6, 6.07) is 7.82. The fourth-order valence-electron chi connectivity index (χ4n) is 1.32. The summed E-state index contributed by atoms with van der Waals surface area (Å²) < 4.78 is 4.32. The van der Waals surface area contributed by atoms with E-state index in [0.717, 1.165) is 39.6 Å². The molecule has 0 aliphatic heterocycles. The summed E-state index contributed by atoms with van der Waals surface area (Å²) in [4.78, 5) is 5.49. The molecule has 0 radical (unpaired) electrons. The molecule has 96 valence electrons. The average molecular weight is 300 g/mol. The van der Waals surface area contributed by atoms with Crippen molar-refractivity contribution in [3.05, 3.63) is 35.1 Å². The summed E-state index contributed by atoms with van der Waals surface area (Å²) >= 11 is 9.16. The van der Waals surface area contributed by atoms with Crippen LogP contribution in [0.2, 0.25) is 5.02 Å². The van der Waals surface area contributed by atoms with E-state index in [1.54, 1.807) is 11.8 Å². The van der Waals surface area contributed by atoms with E-state index in [-0.39, 0.29) is 0 Å². The monoisotopic (exact) mass is 299 g/mol. The van der Waals surface area contributed by atoms with E-state index in [0.29, 0.717) is 0 Å². The van der Waals surface area contributed by atoms with Crippen LogP contribution < -0.4 is 5.32 Å². The third kappa shape index (κ3) is 3.86. The summed E-state index contributed by atoms with van der Waals surface area (Å²) in [6.45, 7) is 3.06. The SMILES string of the molecule is CCCNc1nc(CSc2ccccc2Cl)ns1. The highest BCUT2D eigenvalue weighted by Crippen LogP contribution is 2.29. The van der Waals surface area contributed by atoms with E-state index >= 15 is 0 Å². The number of nitrogens with one attached hydrogen (secondary N) is 1. The molecule has 1 N–H and O–H groups in total. The van der Waals surface area contributed by atoms with Crippen LogP contribution in [0.15, 0.2) is 29.2 Å². The maximum atomic E-state index is 6.09. The van der Waals surface area contributed by atoms with Gasteiger partial charge in [-0.3, -0.25) is 0 Å². The highest BCUT2D eigenvalue weighted by Gasteiger charge is 2.05. The van der Waals surface area contributed by atoms with Gasteiger partial charge in [0.15, 0.2) is 5.82 Å². The van der Waals surface area contributed by atoms with E-state index < -0.39 is 0 Å².